The highest BCUT2D eigenvalue weighted by molar-refractivity contribution is 5.97. The van der Waals surface area contributed by atoms with Crippen LogP contribution < -0.4 is 15.4 Å². The molecule has 0 unspecified atom stereocenters. The maximum Gasteiger partial charge on any atom is 0.255 e. The van der Waals surface area contributed by atoms with E-state index < -0.39 is 0 Å². The van der Waals surface area contributed by atoms with Crippen molar-refractivity contribution in [1.82, 2.24) is 10.6 Å². The molecule has 2 rings (SSSR count). The summed E-state index contributed by atoms with van der Waals surface area (Å²) < 4.78 is 4.96. The van der Waals surface area contributed by atoms with Crippen molar-refractivity contribution in [3.63, 3.8) is 0 Å². The largest absolute Gasteiger partial charge is 0.507 e. The number of carbonyl (C=O) groups is 1. The molecule has 0 aromatic heterocycles. The summed E-state index contributed by atoms with van der Waals surface area (Å²) in [5, 5.41) is 15.7. The highest BCUT2D eigenvalue weighted by Gasteiger charge is 2.19. The zero-order valence-corrected chi connectivity index (χ0v) is 9.69. The fourth-order valence-electron chi connectivity index (χ4n) is 1.87. The van der Waals surface area contributed by atoms with Gasteiger partial charge in [-0.3, -0.25) is 4.79 Å². The first kappa shape index (κ1) is 11.7. The number of amides is 1. The minimum atomic E-state index is -0.251. The molecule has 1 aromatic rings. The third kappa shape index (κ3) is 2.68. The normalized spacial score (nSPS) is 19.0. The molecular formula is C12H16N2O3. The monoisotopic (exact) mass is 236 g/mol. The molecule has 1 aromatic carbocycles. The number of hydrogen-bond acceptors (Lipinski definition) is 4. The lowest BCUT2D eigenvalue weighted by atomic mass is 10.1. The number of carbonyl (C=O) groups excluding carboxylic acids is 1. The number of rotatable bonds is 3. The lowest BCUT2D eigenvalue weighted by Gasteiger charge is -2.12. The van der Waals surface area contributed by atoms with Gasteiger partial charge in [0.2, 0.25) is 0 Å². The Kier molecular flexibility index (Phi) is 3.49. The van der Waals surface area contributed by atoms with Crippen molar-refractivity contribution >= 4 is 5.91 Å². The van der Waals surface area contributed by atoms with E-state index in [4.69, 9.17) is 4.74 Å². The first-order valence-electron chi connectivity index (χ1n) is 5.59. The molecule has 0 spiro atoms. The number of phenolic OH excluding ortho intramolecular Hbond substituents is 1. The van der Waals surface area contributed by atoms with Gasteiger partial charge in [0.25, 0.3) is 5.91 Å². The van der Waals surface area contributed by atoms with Crippen LogP contribution in [-0.2, 0) is 0 Å². The molecule has 1 aliphatic rings. The fourth-order valence-corrected chi connectivity index (χ4v) is 1.87. The predicted molar refractivity (Wildman–Crippen MR) is 63.4 cm³/mol. The molecule has 5 heteroatoms. The van der Waals surface area contributed by atoms with Gasteiger partial charge in [0.05, 0.1) is 12.7 Å². The van der Waals surface area contributed by atoms with E-state index in [1.807, 2.05) is 0 Å². The zero-order valence-electron chi connectivity index (χ0n) is 9.69. The highest BCUT2D eigenvalue weighted by Crippen LogP contribution is 2.23. The number of aromatic hydroxyl groups is 1. The van der Waals surface area contributed by atoms with Crippen LogP contribution in [0, 0.1) is 0 Å². The van der Waals surface area contributed by atoms with E-state index in [-0.39, 0.29) is 23.3 Å². The standard InChI is InChI=1S/C12H16N2O3/c1-17-9-2-3-10(11(15)6-9)12(16)14-8-4-5-13-7-8/h2-3,6,8,13,15H,4-5,7H2,1H3,(H,14,16)/t8-/m1/s1. The van der Waals surface area contributed by atoms with Crippen molar-refractivity contribution in [2.45, 2.75) is 12.5 Å². The van der Waals surface area contributed by atoms with Gasteiger partial charge >= 0.3 is 0 Å². The summed E-state index contributed by atoms with van der Waals surface area (Å²) in [7, 11) is 1.51. The Labute approximate surface area is 99.8 Å². The minimum Gasteiger partial charge on any atom is -0.507 e. The van der Waals surface area contributed by atoms with Gasteiger partial charge in [-0.25, -0.2) is 0 Å². The molecule has 5 nitrogen and oxygen atoms in total. The Bertz CT molecular complexity index is 414. The van der Waals surface area contributed by atoms with E-state index in [9.17, 15) is 9.90 Å². The fraction of sp³-hybridized carbons (Fsp3) is 0.417. The van der Waals surface area contributed by atoms with Crippen LogP contribution in [0.15, 0.2) is 18.2 Å². The number of phenols is 1. The Hall–Kier alpha value is -1.75. The van der Waals surface area contributed by atoms with Gasteiger partial charge in [0.15, 0.2) is 0 Å². The maximum absolute atomic E-state index is 11.9. The van der Waals surface area contributed by atoms with Gasteiger partial charge in [-0.05, 0) is 25.1 Å². The summed E-state index contributed by atoms with van der Waals surface area (Å²) in [5.74, 6) is 0.216. The van der Waals surface area contributed by atoms with Gasteiger partial charge in [0.1, 0.15) is 11.5 Å². The van der Waals surface area contributed by atoms with Crippen LogP contribution in [0.25, 0.3) is 0 Å². The van der Waals surface area contributed by atoms with Crippen LogP contribution in [0.3, 0.4) is 0 Å². The second kappa shape index (κ2) is 5.05. The molecule has 92 valence electrons. The van der Waals surface area contributed by atoms with E-state index in [0.717, 1.165) is 19.5 Å². The van der Waals surface area contributed by atoms with E-state index in [1.54, 1.807) is 12.1 Å². The van der Waals surface area contributed by atoms with Crippen molar-refractivity contribution in [2.24, 2.45) is 0 Å². The van der Waals surface area contributed by atoms with Crippen LogP contribution in [0.2, 0.25) is 0 Å². The van der Waals surface area contributed by atoms with E-state index in [0.29, 0.717) is 5.75 Å². The van der Waals surface area contributed by atoms with Crippen molar-refractivity contribution in [2.75, 3.05) is 20.2 Å². The Morgan fingerprint density at radius 3 is 3.00 bits per heavy atom. The number of ether oxygens (including phenoxy) is 1. The molecule has 0 saturated carbocycles. The molecule has 3 N–H and O–H groups in total. The summed E-state index contributed by atoms with van der Waals surface area (Å²) >= 11 is 0. The van der Waals surface area contributed by atoms with Crippen LogP contribution in [0.4, 0.5) is 0 Å². The molecular weight excluding hydrogens is 220 g/mol. The van der Waals surface area contributed by atoms with Crippen LogP contribution in [0.5, 0.6) is 11.5 Å². The zero-order chi connectivity index (χ0) is 12.3. The van der Waals surface area contributed by atoms with Crippen LogP contribution in [0.1, 0.15) is 16.8 Å². The first-order valence-corrected chi connectivity index (χ1v) is 5.59. The average molecular weight is 236 g/mol. The molecule has 0 radical (unpaired) electrons. The van der Waals surface area contributed by atoms with Gasteiger partial charge in [-0.15, -0.1) is 0 Å². The van der Waals surface area contributed by atoms with Crippen molar-refractivity contribution in [1.29, 1.82) is 0 Å². The maximum atomic E-state index is 11.9. The van der Waals surface area contributed by atoms with Crippen LogP contribution >= 0.6 is 0 Å². The smallest absolute Gasteiger partial charge is 0.255 e. The average Bonchev–Trinajstić information content (AvgIpc) is 2.81. The number of benzene rings is 1. The molecule has 0 bridgehead atoms. The predicted octanol–water partition coefficient (Wildman–Crippen LogP) is 0.492. The summed E-state index contributed by atoms with van der Waals surface area (Å²) in [6.07, 6.45) is 0.919. The molecule has 1 atom stereocenters. The summed E-state index contributed by atoms with van der Waals surface area (Å²) in [6, 6.07) is 4.79. The lowest BCUT2D eigenvalue weighted by Crippen LogP contribution is -2.36. The lowest BCUT2D eigenvalue weighted by molar-refractivity contribution is 0.0937. The summed E-state index contributed by atoms with van der Waals surface area (Å²) in [4.78, 5) is 11.9. The minimum absolute atomic E-state index is 0.0622. The van der Waals surface area contributed by atoms with Gasteiger partial charge in [-0.2, -0.15) is 0 Å². The Morgan fingerprint density at radius 1 is 1.59 bits per heavy atom. The van der Waals surface area contributed by atoms with Crippen molar-refractivity contribution < 1.29 is 14.6 Å². The van der Waals surface area contributed by atoms with Crippen molar-refractivity contribution in [3.8, 4) is 11.5 Å². The van der Waals surface area contributed by atoms with Crippen molar-refractivity contribution in [3.05, 3.63) is 23.8 Å². The van der Waals surface area contributed by atoms with E-state index in [2.05, 4.69) is 10.6 Å². The SMILES string of the molecule is COc1ccc(C(=O)N[C@@H]2CCNC2)c(O)c1. The van der Waals surface area contributed by atoms with Gasteiger partial charge < -0.3 is 20.5 Å². The topological polar surface area (TPSA) is 70.6 Å². The molecule has 1 saturated heterocycles. The molecule has 1 aliphatic heterocycles. The highest BCUT2D eigenvalue weighted by atomic mass is 16.5. The Morgan fingerprint density at radius 2 is 2.41 bits per heavy atom. The van der Waals surface area contributed by atoms with Gasteiger partial charge in [0, 0.05) is 18.7 Å². The van der Waals surface area contributed by atoms with E-state index in [1.165, 1.54) is 13.2 Å². The Balaban J connectivity index is 2.07. The summed E-state index contributed by atoms with van der Waals surface area (Å²) in [6.45, 7) is 1.70. The molecule has 0 aliphatic carbocycles. The van der Waals surface area contributed by atoms with E-state index >= 15 is 0 Å². The number of hydrogen-bond donors (Lipinski definition) is 3. The molecule has 1 amide bonds. The summed E-state index contributed by atoms with van der Waals surface area (Å²) in [5.41, 5.74) is 0.276. The van der Waals surface area contributed by atoms with Crippen LogP contribution in [-0.4, -0.2) is 37.3 Å². The molecule has 1 heterocycles. The first-order chi connectivity index (χ1) is 8.20. The van der Waals surface area contributed by atoms with Gasteiger partial charge in [-0.1, -0.05) is 0 Å². The number of nitrogens with one attached hydrogen (secondary N) is 2. The quantitative estimate of drug-likeness (QED) is 0.714. The number of methoxy groups -OCH3 is 1. The second-order valence-electron chi connectivity index (χ2n) is 4.05. The third-order valence-electron chi connectivity index (χ3n) is 2.85. The second-order valence-corrected chi connectivity index (χ2v) is 4.05. The molecule has 17 heavy (non-hydrogen) atoms. The third-order valence-corrected chi connectivity index (χ3v) is 2.85. The molecule has 1 fully saturated rings.